The minimum atomic E-state index is 0.870. The van der Waals surface area contributed by atoms with Gasteiger partial charge in [0, 0.05) is 5.25 Å². The summed E-state index contributed by atoms with van der Waals surface area (Å²) in [5, 5.41) is 0.870. The third-order valence-electron chi connectivity index (χ3n) is 2.87. The maximum atomic E-state index is 2.34. The second-order valence-electron chi connectivity index (χ2n) is 4.31. The van der Waals surface area contributed by atoms with Crippen LogP contribution in [0.15, 0.2) is 0 Å². The van der Waals surface area contributed by atoms with E-state index in [-0.39, 0.29) is 0 Å². The molecule has 0 aromatic carbocycles. The summed E-state index contributed by atoms with van der Waals surface area (Å²) in [5.74, 6) is 0. The molecule has 1 unspecified atom stereocenters. The summed E-state index contributed by atoms with van der Waals surface area (Å²) in [6, 6.07) is 0. The van der Waals surface area contributed by atoms with Crippen LogP contribution in [0.25, 0.3) is 0 Å². The minimum absolute atomic E-state index is 0.870. The molecule has 0 saturated heterocycles. The van der Waals surface area contributed by atoms with Crippen LogP contribution in [0.1, 0.15) is 71.6 Å². The molecule has 0 N–H and O–H groups in total. The fraction of sp³-hybridized carbons (Fsp3) is 1.00. The second kappa shape index (κ2) is 11.4. The largest absolute Gasteiger partial charge is 0.162 e. The predicted octanol–water partition coefficient (Wildman–Crippen LogP) is 5.27. The summed E-state index contributed by atoms with van der Waals surface area (Å²) in [4.78, 5) is 0. The van der Waals surface area contributed by atoms with Gasteiger partial charge in [-0.15, -0.1) is 0 Å². The lowest BCUT2D eigenvalue weighted by Crippen LogP contribution is -1.94. The number of rotatable bonds is 10. The SMILES string of the molecule is CCCCCCCCCCC(C)SC. The van der Waals surface area contributed by atoms with Crippen LogP contribution in [0, 0.1) is 0 Å². The first-order valence-corrected chi connectivity index (χ1v) is 7.62. The van der Waals surface area contributed by atoms with Crippen molar-refractivity contribution in [3.05, 3.63) is 0 Å². The molecule has 0 aromatic heterocycles. The van der Waals surface area contributed by atoms with Gasteiger partial charge in [0.1, 0.15) is 0 Å². The lowest BCUT2D eigenvalue weighted by atomic mass is 10.1. The molecule has 0 radical (unpaired) electrons. The third kappa shape index (κ3) is 10.4. The lowest BCUT2D eigenvalue weighted by molar-refractivity contribution is 0.564. The van der Waals surface area contributed by atoms with E-state index in [1.807, 2.05) is 11.8 Å². The average molecular weight is 216 g/mol. The molecule has 14 heavy (non-hydrogen) atoms. The zero-order chi connectivity index (χ0) is 10.6. The smallest absolute Gasteiger partial charge is 0.00159 e. The van der Waals surface area contributed by atoms with Gasteiger partial charge >= 0.3 is 0 Å². The van der Waals surface area contributed by atoms with Crippen molar-refractivity contribution in [3.8, 4) is 0 Å². The van der Waals surface area contributed by atoms with Crippen molar-refractivity contribution >= 4 is 11.8 Å². The van der Waals surface area contributed by atoms with E-state index in [0.717, 1.165) is 5.25 Å². The van der Waals surface area contributed by atoms with Crippen molar-refractivity contribution < 1.29 is 0 Å². The summed E-state index contributed by atoms with van der Waals surface area (Å²) >= 11 is 2.00. The van der Waals surface area contributed by atoms with E-state index < -0.39 is 0 Å². The van der Waals surface area contributed by atoms with Gasteiger partial charge in [-0.2, -0.15) is 11.8 Å². The molecule has 0 aliphatic heterocycles. The van der Waals surface area contributed by atoms with E-state index in [1.54, 1.807) is 0 Å². The van der Waals surface area contributed by atoms with Crippen molar-refractivity contribution in [2.45, 2.75) is 76.9 Å². The highest BCUT2D eigenvalue weighted by Crippen LogP contribution is 2.15. The van der Waals surface area contributed by atoms with Crippen LogP contribution in [-0.4, -0.2) is 11.5 Å². The van der Waals surface area contributed by atoms with Crippen LogP contribution in [0.5, 0.6) is 0 Å². The monoisotopic (exact) mass is 216 g/mol. The quantitative estimate of drug-likeness (QED) is 0.448. The lowest BCUT2D eigenvalue weighted by Gasteiger charge is -2.06. The number of thioether (sulfide) groups is 1. The fourth-order valence-electron chi connectivity index (χ4n) is 1.68. The summed E-state index contributed by atoms with van der Waals surface area (Å²) in [7, 11) is 0. The molecule has 0 aromatic rings. The summed E-state index contributed by atoms with van der Waals surface area (Å²) in [5.41, 5.74) is 0. The average Bonchev–Trinajstić information content (AvgIpc) is 2.21. The molecule has 86 valence electrons. The molecule has 0 aliphatic carbocycles. The Morgan fingerprint density at radius 1 is 0.857 bits per heavy atom. The Balaban J connectivity index is 2.92. The fourth-order valence-corrected chi connectivity index (χ4v) is 2.09. The molecule has 1 atom stereocenters. The van der Waals surface area contributed by atoms with E-state index >= 15 is 0 Å². The van der Waals surface area contributed by atoms with Crippen molar-refractivity contribution in [3.63, 3.8) is 0 Å². The van der Waals surface area contributed by atoms with Gasteiger partial charge in [-0.1, -0.05) is 65.2 Å². The molecular formula is C13H28S. The molecule has 0 fully saturated rings. The molecule has 0 spiro atoms. The molecule has 1 heteroatoms. The molecule has 0 nitrogen and oxygen atoms in total. The maximum absolute atomic E-state index is 2.34. The van der Waals surface area contributed by atoms with Crippen LogP contribution in [0.2, 0.25) is 0 Å². The first kappa shape index (κ1) is 14.3. The summed E-state index contributed by atoms with van der Waals surface area (Å²) < 4.78 is 0. The molecular weight excluding hydrogens is 188 g/mol. The zero-order valence-corrected chi connectivity index (χ0v) is 11.2. The van der Waals surface area contributed by atoms with Crippen LogP contribution in [0.3, 0.4) is 0 Å². The highest BCUT2D eigenvalue weighted by molar-refractivity contribution is 7.99. The Morgan fingerprint density at radius 3 is 1.86 bits per heavy atom. The second-order valence-corrected chi connectivity index (χ2v) is 5.59. The van der Waals surface area contributed by atoms with Crippen LogP contribution >= 0.6 is 11.8 Å². The van der Waals surface area contributed by atoms with E-state index in [9.17, 15) is 0 Å². The van der Waals surface area contributed by atoms with E-state index in [1.165, 1.54) is 57.8 Å². The van der Waals surface area contributed by atoms with Crippen molar-refractivity contribution in [1.82, 2.24) is 0 Å². The third-order valence-corrected chi connectivity index (χ3v) is 3.91. The Bertz CT molecular complexity index is 101. The summed E-state index contributed by atoms with van der Waals surface area (Å²) in [6.45, 7) is 4.62. The number of hydrogen-bond acceptors (Lipinski definition) is 1. The highest BCUT2D eigenvalue weighted by atomic mass is 32.2. The van der Waals surface area contributed by atoms with Crippen LogP contribution < -0.4 is 0 Å². The molecule has 0 amide bonds. The van der Waals surface area contributed by atoms with Crippen molar-refractivity contribution in [2.24, 2.45) is 0 Å². The van der Waals surface area contributed by atoms with Gasteiger partial charge in [-0.3, -0.25) is 0 Å². The molecule has 0 aliphatic rings. The van der Waals surface area contributed by atoms with Crippen LogP contribution in [0.4, 0.5) is 0 Å². The Hall–Kier alpha value is 0.350. The Labute approximate surface area is 95.2 Å². The maximum Gasteiger partial charge on any atom is 0.00159 e. The van der Waals surface area contributed by atoms with Crippen LogP contribution in [-0.2, 0) is 0 Å². The van der Waals surface area contributed by atoms with E-state index in [2.05, 4.69) is 20.1 Å². The number of unbranched alkanes of at least 4 members (excludes halogenated alkanes) is 7. The van der Waals surface area contributed by atoms with E-state index in [4.69, 9.17) is 0 Å². The first-order chi connectivity index (χ1) is 6.81. The normalized spacial score (nSPS) is 13.1. The summed E-state index contributed by atoms with van der Waals surface area (Å²) in [6.07, 6.45) is 15.2. The highest BCUT2D eigenvalue weighted by Gasteiger charge is 1.98. The topological polar surface area (TPSA) is 0 Å². The number of hydrogen-bond donors (Lipinski definition) is 0. The Morgan fingerprint density at radius 2 is 1.36 bits per heavy atom. The van der Waals surface area contributed by atoms with Crippen molar-refractivity contribution in [1.29, 1.82) is 0 Å². The molecule has 0 bridgehead atoms. The van der Waals surface area contributed by atoms with Gasteiger partial charge in [-0.25, -0.2) is 0 Å². The minimum Gasteiger partial charge on any atom is -0.162 e. The van der Waals surface area contributed by atoms with Gasteiger partial charge in [0.15, 0.2) is 0 Å². The predicted molar refractivity (Wildman–Crippen MR) is 70.2 cm³/mol. The van der Waals surface area contributed by atoms with E-state index in [0.29, 0.717) is 0 Å². The van der Waals surface area contributed by atoms with Gasteiger partial charge < -0.3 is 0 Å². The molecule has 0 rings (SSSR count). The first-order valence-electron chi connectivity index (χ1n) is 6.34. The zero-order valence-electron chi connectivity index (χ0n) is 10.3. The standard InChI is InChI=1S/C13H28S/c1-4-5-6-7-8-9-10-11-12-13(2)14-3/h13H,4-12H2,1-3H3. The molecule has 0 saturated carbocycles. The van der Waals surface area contributed by atoms with Gasteiger partial charge in [0.25, 0.3) is 0 Å². The van der Waals surface area contributed by atoms with Gasteiger partial charge in [-0.05, 0) is 12.7 Å². The van der Waals surface area contributed by atoms with Gasteiger partial charge in [0.05, 0.1) is 0 Å². The Kier molecular flexibility index (Phi) is 11.7. The van der Waals surface area contributed by atoms with Gasteiger partial charge in [0.2, 0.25) is 0 Å². The molecule has 0 heterocycles. The van der Waals surface area contributed by atoms with Crippen molar-refractivity contribution in [2.75, 3.05) is 6.26 Å².